The third kappa shape index (κ3) is 37.4. The van der Waals surface area contributed by atoms with E-state index in [0.717, 1.165) is 61.7 Å². The normalized spacial score (nSPS) is 11.5. The standard InChI is InChI=1S/C55H103BrO3/c1-4-7-10-13-16-19-22-25-28-31-34-37-40-43-46-57-53-49-52(51-56)50-54(58-47-44-41-38-35-32-29-26-23-20-17-14-11-8-5-2)55(53)59-48-45-42-39-36-33-30-27-24-21-18-15-12-9-6-3/h49-50H,4-48,51H2,1-3H3. The molecule has 1 aromatic rings. The number of hydrogen-bond acceptors (Lipinski definition) is 3. The summed E-state index contributed by atoms with van der Waals surface area (Å²) in [5.41, 5.74) is 1.20. The van der Waals surface area contributed by atoms with E-state index in [2.05, 4.69) is 48.8 Å². The zero-order chi connectivity index (χ0) is 42.4. The molecule has 0 N–H and O–H groups in total. The van der Waals surface area contributed by atoms with Gasteiger partial charge in [-0.2, -0.15) is 0 Å². The van der Waals surface area contributed by atoms with Gasteiger partial charge in [-0.25, -0.2) is 0 Å². The van der Waals surface area contributed by atoms with Crippen molar-refractivity contribution < 1.29 is 14.2 Å². The Bertz CT molecular complexity index is 911. The van der Waals surface area contributed by atoms with E-state index in [1.165, 1.54) is 256 Å². The Morgan fingerprint density at radius 2 is 0.492 bits per heavy atom. The SMILES string of the molecule is CCCCCCCCCCCCCCCCOc1cc(CBr)cc(OCCCCCCCCCCCCCCCC)c1OCCCCCCCCCCCCCCCC. The van der Waals surface area contributed by atoms with Crippen LogP contribution in [0.4, 0.5) is 0 Å². The summed E-state index contributed by atoms with van der Waals surface area (Å²) >= 11 is 3.72. The molecule has 0 spiro atoms. The first-order valence-electron chi connectivity index (χ1n) is 26.9. The molecule has 0 radical (unpaired) electrons. The van der Waals surface area contributed by atoms with E-state index in [1.54, 1.807) is 0 Å². The third-order valence-corrected chi connectivity index (χ3v) is 13.1. The minimum Gasteiger partial charge on any atom is -0.490 e. The average Bonchev–Trinajstić information content (AvgIpc) is 3.25. The Hall–Kier alpha value is -0.900. The molecular formula is C55H103BrO3. The maximum Gasteiger partial charge on any atom is 0.203 e. The first kappa shape index (κ1) is 56.1. The van der Waals surface area contributed by atoms with Crippen molar-refractivity contribution in [2.24, 2.45) is 0 Å². The maximum atomic E-state index is 6.56. The molecule has 0 aliphatic rings. The Morgan fingerprint density at radius 1 is 0.288 bits per heavy atom. The Morgan fingerprint density at radius 3 is 0.712 bits per heavy atom. The van der Waals surface area contributed by atoms with Crippen molar-refractivity contribution in [1.29, 1.82) is 0 Å². The van der Waals surface area contributed by atoms with Gasteiger partial charge >= 0.3 is 0 Å². The van der Waals surface area contributed by atoms with Crippen molar-refractivity contribution >= 4 is 15.9 Å². The molecule has 59 heavy (non-hydrogen) atoms. The molecule has 0 aliphatic heterocycles. The van der Waals surface area contributed by atoms with Crippen LogP contribution in [0.5, 0.6) is 17.2 Å². The molecule has 0 bridgehead atoms. The molecule has 1 aromatic carbocycles. The van der Waals surface area contributed by atoms with Gasteiger partial charge in [-0.1, -0.05) is 287 Å². The van der Waals surface area contributed by atoms with E-state index in [1.807, 2.05) is 0 Å². The van der Waals surface area contributed by atoms with Crippen LogP contribution in [0, 0.1) is 0 Å². The maximum absolute atomic E-state index is 6.56. The van der Waals surface area contributed by atoms with Gasteiger partial charge in [0.2, 0.25) is 5.75 Å². The van der Waals surface area contributed by atoms with Gasteiger partial charge in [-0.05, 0) is 37.0 Å². The number of ether oxygens (including phenoxy) is 3. The average molecular weight is 892 g/mol. The minimum atomic E-state index is 0.732. The van der Waals surface area contributed by atoms with Gasteiger partial charge < -0.3 is 14.2 Å². The molecule has 0 heterocycles. The van der Waals surface area contributed by atoms with Crippen LogP contribution in [0.1, 0.15) is 296 Å². The largest absolute Gasteiger partial charge is 0.490 e. The topological polar surface area (TPSA) is 27.7 Å². The fraction of sp³-hybridized carbons (Fsp3) is 0.891. The number of unbranched alkanes of at least 4 members (excludes halogenated alkanes) is 39. The summed E-state index contributed by atoms with van der Waals surface area (Å²) in [6, 6.07) is 4.36. The molecule has 348 valence electrons. The van der Waals surface area contributed by atoms with Gasteiger partial charge in [0.15, 0.2) is 11.5 Å². The molecule has 0 aliphatic carbocycles. The lowest BCUT2D eigenvalue weighted by Gasteiger charge is -2.18. The van der Waals surface area contributed by atoms with Crippen LogP contribution in [0.3, 0.4) is 0 Å². The van der Waals surface area contributed by atoms with Crippen LogP contribution in [0.2, 0.25) is 0 Å². The first-order chi connectivity index (χ1) is 29.3. The number of benzene rings is 1. The fourth-order valence-electron chi connectivity index (χ4n) is 8.49. The van der Waals surface area contributed by atoms with Crippen molar-refractivity contribution in [3.63, 3.8) is 0 Å². The second-order valence-electron chi connectivity index (χ2n) is 18.4. The molecule has 0 unspecified atom stereocenters. The predicted octanol–water partition coefficient (Wildman–Crippen LogP) is 20.2. The number of halogens is 1. The van der Waals surface area contributed by atoms with Crippen LogP contribution >= 0.6 is 15.9 Å². The van der Waals surface area contributed by atoms with Crippen LogP contribution < -0.4 is 14.2 Å². The molecule has 0 aromatic heterocycles. The van der Waals surface area contributed by atoms with Crippen LogP contribution in [0.25, 0.3) is 0 Å². The smallest absolute Gasteiger partial charge is 0.203 e. The van der Waals surface area contributed by atoms with E-state index < -0.39 is 0 Å². The lowest BCUT2D eigenvalue weighted by Crippen LogP contribution is -2.07. The summed E-state index contributed by atoms with van der Waals surface area (Å²) < 4.78 is 19.6. The molecule has 4 heteroatoms. The summed E-state index contributed by atoms with van der Waals surface area (Å²) in [5, 5.41) is 0.788. The summed E-state index contributed by atoms with van der Waals surface area (Å²) in [5.74, 6) is 2.58. The molecule has 0 fully saturated rings. The molecule has 3 nitrogen and oxygen atoms in total. The van der Waals surface area contributed by atoms with Gasteiger partial charge in [-0.15, -0.1) is 0 Å². The number of rotatable bonds is 49. The third-order valence-electron chi connectivity index (χ3n) is 12.5. The van der Waals surface area contributed by atoms with Crippen LogP contribution in [-0.4, -0.2) is 19.8 Å². The van der Waals surface area contributed by atoms with Gasteiger partial charge in [0.05, 0.1) is 19.8 Å². The monoisotopic (exact) mass is 891 g/mol. The predicted molar refractivity (Wildman–Crippen MR) is 266 cm³/mol. The number of hydrogen-bond donors (Lipinski definition) is 0. The second-order valence-corrected chi connectivity index (χ2v) is 18.9. The van der Waals surface area contributed by atoms with Crippen LogP contribution in [0.15, 0.2) is 12.1 Å². The second kappa shape index (κ2) is 46.6. The molecular weight excluding hydrogens is 789 g/mol. The van der Waals surface area contributed by atoms with Crippen molar-refractivity contribution in [2.45, 2.75) is 296 Å². The van der Waals surface area contributed by atoms with Gasteiger partial charge in [0.1, 0.15) is 0 Å². The minimum absolute atomic E-state index is 0.732. The zero-order valence-electron chi connectivity index (χ0n) is 40.3. The highest BCUT2D eigenvalue weighted by Crippen LogP contribution is 2.40. The quantitative estimate of drug-likeness (QED) is 0.0482. The highest BCUT2D eigenvalue weighted by molar-refractivity contribution is 9.08. The lowest BCUT2D eigenvalue weighted by molar-refractivity contribution is 0.234. The molecule has 0 atom stereocenters. The van der Waals surface area contributed by atoms with Crippen molar-refractivity contribution in [3.05, 3.63) is 17.7 Å². The first-order valence-corrected chi connectivity index (χ1v) is 28.0. The molecule has 1 rings (SSSR count). The summed E-state index contributed by atoms with van der Waals surface area (Å²) in [6.07, 6.45) is 57.6. The van der Waals surface area contributed by atoms with Crippen molar-refractivity contribution in [1.82, 2.24) is 0 Å². The Balaban J connectivity index is 2.44. The van der Waals surface area contributed by atoms with Gasteiger partial charge in [0.25, 0.3) is 0 Å². The van der Waals surface area contributed by atoms with E-state index in [-0.39, 0.29) is 0 Å². The van der Waals surface area contributed by atoms with E-state index >= 15 is 0 Å². The summed E-state index contributed by atoms with van der Waals surface area (Å²) in [6.45, 7) is 9.14. The fourth-order valence-corrected chi connectivity index (χ4v) is 8.82. The zero-order valence-corrected chi connectivity index (χ0v) is 41.9. The lowest BCUT2D eigenvalue weighted by atomic mass is 10.0. The van der Waals surface area contributed by atoms with E-state index in [4.69, 9.17) is 14.2 Å². The van der Waals surface area contributed by atoms with Crippen molar-refractivity contribution in [2.75, 3.05) is 19.8 Å². The highest BCUT2D eigenvalue weighted by Gasteiger charge is 2.16. The van der Waals surface area contributed by atoms with Crippen LogP contribution in [-0.2, 0) is 5.33 Å². The molecule has 0 saturated heterocycles. The van der Waals surface area contributed by atoms with E-state index in [0.29, 0.717) is 0 Å². The molecule has 0 amide bonds. The summed E-state index contributed by atoms with van der Waals surface area (Å²) in [7, 11) is 0. The summed E-state index contributed by atoms with van der Waals surface area (Å²) in [4.78, 5) is 0. The van der Waals surface area contributed by atoms with Crippen molar-refractivity contribution in [3.8, 4) is 17.2 Å². The number of alkyl halides is 1. The van der Waals surface area contributed by atoms with Gasteiger partial charge in [0, 0.05) is 5.33 Å². The Labute approximate surface area is 379 Å². The van der Waals surface area contributed by atoms with Gasteiger partial charge in [-0.3, -0.25) is 0 Å². The van der Waals surface area contributed by atoms with E-state index in [9.17, 15) is 0 Å². The molecule has 0 saturated carbocycles. The highest BCUT2D eigenvalue weighted by atomic mass is 79.9. The Kier molecular flexibility index (Phi) is 44.3.